The first-order valence-electron chi connectivity index (χ1n) is 11.9. The Bertz CT molecular complexity index is 1340. The second-order valence-corrected chi connectivity index (χ2v) is 11.0. The molecule has 0 fully saturated rings. The quantitative estimate of drug-likeness (QED) is 0.193. The zero-order valence-corrected chi connectivity index (χ0v) is 22.1. The van der Waals surface area contributed by atoms with Gasteiger partial charge in [0.2, 0.25) is 15.8 Å². The molecule has 2 aromatic rings. The Morgan fingerprint density at radius 3 is 2.26 bits per heavy atom. The number of rotatable bonds is 13. The van der Waals surface area contributed by atoms with Gasteiger partial charge in [0.15, 0.2) is 5.70 Å². The minimum atomic E-state index is -4.17. The van der Waals surface area contributed by atoms with Gasteiger partial charge in [-0.15, -0.1) is 0 Å². The molecule has 2 amide bonds. The molecule has 0 aromatic heterocycles. The van der Waals surface area contributed by atoms with Crippen LogP contribution in [-0.2, 0) is 43.7 Å². The van der Waals surface area contributed by atoms with Crippen LogP contribution in [0.5, 0.6) is 0 Å². The van der Waals surface area contributed by atoms with Crippen LogP contribution in [0.15, 0.2) is 53.9 Å². The van der Waals surface area contributed by atoms with Crippen LogP contribution in [-0.4, -0.2) is 50.1 Å². The van der Waals surface area contributed by atoms with Gasteiger partial charge >= 0.3 is 0 Å². The van der Waals surface area contributed by atoms with Crippen LogP contribution in [0.2, 0.25) is 0 Å². The van der Waals surface area contributed by atoms with E-state index in [0.29, 0.717) is 12.6 Å². The molecule has 0 saturated carbocycles. The summed E-state index contributed by atoms with van der Waals surface area (Å²) in [5, 5.41) is 16.8. The van der Waals surface area contributed by atoms with Gasteiger partial charge in [-0.3, -0.25) is 9.59 Å². The summed E-state index contributed by atoms with van der Waals surface area (Å²) >= 11 is 0. The van der Waals surface area contributed by atoms with Crippen molar-refractivity contribution < 1.29 is 36.6 Å². The number of benzene rings is 2. The average molecular weight is 568 g/mol. The number of aliphatic hydroxyl groups is 1. The molecule has 0 radical (unpaired) electrons. The van der Waals surface area contributed by atoms with Crippen LogP contribution < -0.4 is 26.8 Å². The highest BCUT2D eigenvalue weighted by Crippen LogP contribution is 2.34. The predicted octanol–water partition coefficient (Wildman–Crippen LogP) is -0.158. The molecule has 0 bridgehead atoms. The monoisotopic (exact) mass is 567 g/mol. The van der Waals surface area contributed by atoms with E-state index in [1.807, 2.05) is 31.2 Å². The summed E-state index contributed by atoms with van der Waals surface area (Å²) in [6.45, 7) is 2.17. The van der Waals surface area contributed by atoms with Crippen LogP contribution in [0, 0.1) is 17.6 Å². The lowest BCUT2D eigenvalue weighted by molar-refractivity contribution is -0.129. The van der Waals surface area contributed by atoms with Crippen molar-refractivity contribution in [2.45, 2.75) is 38.3 Å². The van der Waals surface area contributed by atoms with E-state index in [1.54, 1.807) is 0 Å². The van der Waals surface area contributed by atoms with Gasteiger partial charge in [-0.2, -0.15) is 4.72 Å². The zero-order valence-electron chi connectivity index (χ0n) is 21.3. The summed E-state index contributed by atoms with van der Waals surface area (Å²) in [4.78, 5) is 24.1. The van der Waals surface area contributed by atoms with Gasteiger partial charge in [-0.25, -0.2) is 17.2 Å². The van der Waals surface area contributed by atoms with Gasteiger partial charge in [0.25, 0.3) is 17.7 Å². The summed E-state index contributed by atoms with van der Waals surface area (Å²) < 4.78 is 60.6. The molecule has 1 unspecified atom stereocenters. The van der Waals surface area contributed by atoms with Crippen molar-refractivity contribution in [1.29, 1.82) is 0 Å². The van der Waals surface area contributed by atoms with Crippen molar-refractivity contribution in [3.05, 3.63) is 82.2 Å². The van der Waals surface area contributed by atoms with E-state index in [9.17, 15) is 31.9 Å². The maximum Gasteiger partial charge on any atom is 0.286 e. The summed E-state index contributed by atoms with van der Waals surface area (Å²) in [6.07, 6.45) is -0.260. The second kappa shape index (κ2) is 12.1. The number of hydrogen-bond acceptors (Lipinski definition) is 8. The molecular formula is C25H31F2N5O6S. The van der Waals surface area contributed by atoms with Crippen LogP contribution in [0.3, 0.4) is 0 Å². The number of halogens is 2. The Hall–Kier alpha value is -3.59. The first-order chi connectivity index (χ1) is 18.2. The van der Waals surface area contributed by atoms with E-state index in [0.717, 1.165) is 35.9 Å². The fourth-order valence-corrected chi connectivity index (χ4v) is 5.19. The number of primary amides is 2. The van der Waals surface area contributed by atoms with Crippen molar-refractivity contribution in [1.82, 2.24) is 15.4 Å². The number of hydrogen-bond donors (Lipinski definition) is 6. The van der Waals surface area contributed by atoms with E-state index in [2.05, 4.69) is 15.4 Å². The summed E-state index contributed by atoms with van der Waals surface area (Å²) in [5.41, 5.74) is 12.1. The van der Waals surface area contributed by atoms with Crippen LogP contribution >= 0.6 is 0 Å². The molecule has 1 aliphatic heterocycles. The Labute approximate surface area is 224 Å². The number of aryl methyl sites for hydroxylation is 1. The highest BCUT2D eigenvalue weighted by atomic mass is 32.2. The molecule has 1 heterocycles. The number of ether oxygens (including phenoxy) is 1. The maximum absolute atomic E-state index is 14.0. The largest absolute Gasteiger partial charge is 0.445 e. The number of nitrogens with one attached hydrogen (secondary N) is 3. The molecular weight excluding hydrogens is 536 g/mol. The Kier molecular flexibility index (Phi) is 9.27. The average Bonchev–Trinajstić information content (AvgIpc) is 3.21. The minimum absolute atomic E-state index is 0.0282. The highest BCUT2D eigenvalue weighted by molar-refractivity contribution is 7.88. The van der Waals surface area contributed by atoms with Crippen molar-refractivity contribution in [3.8, 4) is 0 Å². The van der Waals surface area contributed by atoms with Gasteiger partial charge in [-0.05, 0) is 41.7 Å². The molecule has 0 saturated heterocycles. The number of nitrogens with two attached hydrogens (primary N) is 2. The normalized spacial score (nSPS) is 18.8. The number of amides is 2. The van der Waals surface area contributed by atoms with Crippen molar-refractivity contribution in [2.24, 2.45) is 17.4 Å². The number of carbonyl (C=O) groups is 2. The standard InChI is InChI=1S/C25H31F2N5O6S/c1-3-14-5-4-6-15(7-14)12-30-13-20(33)19(10-16-8-17(26)11-18(27)9-16)25(32-39(2,36)37)31-21(23(28)34)22(38-25)24(29)35/h4-9,11,19-20,30-33H,3,10,12-13H2,1-2H3,(H2,28,34)(H2,29,35)/t19-,20-,25?/m0/s1. The number of aliphatic hydroxyl groups excluding tert-OH is 1. The molecule has 0 spiro atoms. The Morgan fingerprint density at radius 1 is 1.08 bits per heavy atom. The molecule has 14 heteroatoms. The summed E-state index contributed by atoms with van der Waals surface area (Å²) in [5.74, 6) is -8.81. The fourth-order valence-electron chi connectivity index (χ4n) is 4.39. The molecule has 2 aromatic carbocycles. The van der Waals surface area contributed by atoms with Crippen LogP contribution in [0.25, 0.3) is 0 Å². The lowest BCUT2D eigenvalue weighted by atomic mass is 9.88. The van der Waals surface area contributed by atoms with Crippen LogP contribution in [0.1, 0.15) is 23.6 Å². The van der Waals surface area contributed by atoms with Crippen LogP contribution in [0.4, 0.5) is 8.78 Å². The molecule has 212 valence electrons. The molecule has 11 nitrogen and oxygen atoms in total. The number of carbonyl (C=O) groups excluding carboxylic acids is 2. The molecule has 1 aliphatic rings. The lowest BCUT2D eigenvalue weighted by Crippen LogP contribution is -2.66. The van der Waals surface area contributed by atoms with Gasteiger partial charge in [0.05, 0.1) is 18.3 Å². The van der Waals surface area contributed by atoms with Crippen molar-refractivity contribution in [3.63, 3.8) is 0 Å². The van der Waals surface area contributed by atoms with Gasteiger partial charge in [0.1, 0.15) is 11.6 Å². The second-order valence-electron chi connectivity index (χ2n) is 9.23. The molecule has 39 heavy (non-hydrogen) atoms. The third-order valence-corrected chi connectivity index (χ3v) is 6.73. The highest BCUT2D eigenvalue weighted by Gasteiger charge is 2.53. The van der Waals surface area contributed by atoms with E-state index in [4.69, 9.17) is 16.2 Å². The van der Waals surface area contributed by atoms with Gasteiger partial charge in [0, 0.05) is 19.2 Å². The smallest absolute Gasteiger partial charge is 0.286 e. The maximum atomic E-state index is 14.0. The van der Waals surface area contributed by atoms with Gasteiger partial charge < -0.3 is 31.9 Å². The Morgan fingerprint density at radius 2 is 1.72 bits per heavy atom. The third kappa shape index (κ3) is 7.72. The summed E-state index contributed by atoms with van der Waals surface area (Å²) in [6, 6.07) is 10.3. The SMILES string of the molecule is CCc1cccc(CNC[C@H](O)[C@H](Cc2cc(F)cc(F)c2)C2(NS(C)(=O)=O)NC(C(N)=O)=C(C(N)=O)O2)c1. The molecule has 3 rings (SSSR count). The zero-order chi connectivity index (χ0) is 29.0. The van der Waals surface area contributed by atoms with E-state index < -0.39 is 62.8 Å². The summed E-state index contributed by atoms with van der Waals surface area (Å²) in [7, 11) is -4.17. The van der Waals surface area contributed by atoms with Gasteiger partial charge in [-0.1, -0.05) is 31.2 Å². The van der Waals surface area contributed by atoms with Crippen molar-refractivity contribution >= 4 is 21.8 Å². The molecule has 8 N–H and O–H groups in total. The topological polar surface area (TPSA) is 186 Å². The molecule has 0 aliphatic carbocycles. The minimum Gasteiger partial charge on any atom is -0.445 e. The molecule has 3 atom stereocenters. The first kappa shape index (κ1) is 30.0. The van der Waals surface area contributed by atoms with E-state index in [1.165, 1.54) is 0 Å². The number of sulfonamides is 1. The van der Waals surface area contributed by atoms with E-state index >= 15 is 0 Å². The Balaban J connectivity index is 2.00. The lowest BCUT2D eigenvalue weighted by Gasteiger charge is -2.39. The predicted molar refractivity (Wildman–Crippen MR) is 137 cm³/mol. The third-order valence-electron chi connectivity index (χ3n) is 6.05. The van der Waals surface area contributed by atoms with Crippen molar-refractivity contribution in [2.75, 3.05) is 12.8 Å². The fraction of sp³-hybridized carbons (Fsp3) is 0.360. The first-order valence-corrected chi connectivity index (χ1v) is 13.8. The van der Waals surface area contributed by atoms with E-state index in [-0.39, 0.29) is 18.5 Å².